The van der Waals surface area contributed by atoms with Crippen LogP contribution < -0.4 is 5.32 Å². The number of rotatable bonds is 8. The SMILES string of the molecule is CCC(C)(CNCCOC)Cc1ncnn1C. The Morgan fingerprint density at radius 2 is 2.29 bits per heavy atom. The summed E-state index contributed by atoms with van der Waals surface area (Å²) < 4.78 is 6.88. The van der Waals surface area contributed by atoms with Crippen LogP contribution in [0.2, 0.25) is 0 Å². The molecule has 0 saturated heterocycles. The third-order valence-electron chi connectivity index (χ3n) is 3.28. The molecule has 0 aliphatic heterocycles. The van der Waals surface area contributed by atoms with Gasteiger partial charge in [0.15, 0.2) is 0 Å². The number of hydrogen-bond acceptors (Lipinski definition) is 4. The van der Waals surface area contributed by atoms with E-state index in [1.807, 2.05) is 11.7 Å². The number of nitrogens with one attached hydrogen (secondary N) is 1. The van der Waals surface area contributed by atoms with Crippen LogP contribution in [0.15, 0.2) is 6.33 Å². The van der Waals surface area contributed by atoms with Crippen molar-refractivity contribution in [1.82, 2.24) is 20.1 Å². The summed E-state index contributed by atoms with van der Waals surface area (Å²) in [6.45, 7) is 7.12. The van der Waals surface area contributed by atoms with E-state index in [2.05, 4.69) is 29.2 Å². The van der Waals surface area contributed by atoms with E-state index in [0.717, 1.165) is 38.4 Å². The van der Waals surface area contributed by atoms with Crippen LogP contribution >= 0.6 is 0 Å². The molecule has 0 aromatic carbocycles. The summed E-state index contributed by atoms with van der Waals surface area (Å²) >= 11 is 0. The first-order valence-electron chi connectivity index (χ1n) is 6.14. The molecule has 1 rings (SSSR count). The van der Waals surface area contributed by atoms with Crippen molar-refractivity contribution < 1.29 is 4.74 Å². The highest BCUT2D eigenvalue weighted by molar-refractivity contribution is 4.92. The van der Waals surface area contributed by atoms with E-state index in [1.54, 1.807) is 13.4 Å². The zero-order valence-corrected chi connectivity index (χ0v) is 11.4. The molecule has 1 unspecified atom stereocenters. The molecule has 0 bridgehead atoms. The first kappa shape index (κ1) is 14.1. The fourth-order valence-corrected chi connectivity index (χ4v) is 1.74. The second-order valence-corrected chi connectivity index (χ2v) is 4.81. The van der Waals surface area contributed by atoms with Crippen molar-refractivity contribution in [3.63, 3.8) is 0 Å². The van der Waals surface area contributed by atoms with Crippen LogP contribution in [0.25, 0.3) is 0 Å². The Balaban J connectivity index is 2.47. The third-order valence-corrected chi connectivity index (χ3v) is 3.28. The molecule has 0 saturated carbocycles. The number of nitrogens with zero attached hydrogens (tertiary/aromatic N) is 3. The molecular formula is C12H24N4O. The summed E-state index contributed by atoms with van der Waals surface area (Å²) in [5.74, 6) is 1.04. The maximum atomic E-state index is 5.03. The number of ether oxygens (including phenoxy) is 1. The molecule has 17 heavy (non-hydrogen) atoms. The Morgan fingerprint density at radius 3 is 2.82 bits per heavy atom. The highest BCUT2D eigenvalue weighted by Crippen LogP contribution is 2.24. The molecule has 98 valence electrons. The minimum atomic E-state index is 0.217. The molecule has 0 aliphatic rings. The lowest BCUT2D eigenvalue weighted by Crippen LogP contribution is -2.35. The van der Waals surface area contributed by atoms with Crippen LogP contribution in [0.4, 0.5) is 0 Å². The summed E-state index contributed by atoms with van der Waals surface area (Å²) in [5, 5.41) is 7.54. The summed E-state index contributed by atoms with van der Waals surface area (Å²) in [7, 11) is 3.66. The summed E-state index contributed by atoms with van der Waals surface area (Å²) in [6, 6.07) is 0. The summed E-state index contributed by atoms with van der Waals surface area (Å²) in [5.41, 5.74) is 0.217. The van der Waals surface area contributed by atoms with Crippen molar-refractivity contribution in [1.29, 1.82) is 0 Å². The fourth-order valence-electron chi connectivity index (χ4n) is 1.74. The number of aromatic nitrogens is 3. The standard InChI is InChI=1S/C12H24N4O/c1-5-12(2,9-13-6-7-17-4)8-11-14-10-15-16(11)3/h10,13H,5-9H2,1-4H3. The quantitative estimate of drug-likeness (QED) is 0.689. The van der Waals surface area contributed by atoms with E-state index in [1.165, 1.54) is 0 Å². The molecule has 0 radical (unpaired) electrons. The van der Waals surface area contributed by atoms with Gasteiger partial charge < -0.3 is 10.1 Å². The Morgan fingerprint density at radius 1 is 1.53 bits per heavy atom. The molecule has 1 aromatic rings. The van der Waals surface area contributed by atoms with E-state index in [9.17, 15) is 0 Å². The molecule has 1 atom stereocenters. The molecule has 0 aliphatic carbocycles. The maximum Gasteiger partial charge on any atom is 0.138 e. The third kappa shape index (κ3) is 4.44. The Bertz CT molecular complexity index is 326. The van der Waals surface area contributed by atoms with Gasteiger partial charge >= 0.3 is 0 Å². The van der Waals surface area contributed by atoms with Gasteiger partial charge in [0, 0.05) is 33.7 Å². The van der Waals surface area contributed by atoms with Gasteiger partial charge in [0.2, 0.25) is 0 Å². The second-order valence-electron chi connectivity index (χ2n) is 4.81. The lowest BCUT2D eigenvalue weighted by atomic mass is 9.83. The van der Waals surface area contributed by atoms with Gasteiger partial charge in [-0.3, -0.25) is 4.68 Å². The van der Waals surface area contributed by atoms with Crippen LogP contribution in [-0.4, -0.2) is 41.6 Å². The average molecular weight is 240 g/mol. The van der Waals surface area contributed by atoms with E-state index in [-0.39, 0.29) is 5.41 Å². The average Bonchev–Trinajstić information content (AvgIpc) is 2.71. The molecule has 1 aromatic heterocycles. The predicted molar refractivity (Wildman–Crippen MR) is 67.9 cm³/mol. The van der Waals surface area contributed by atoms with Crippen molar-refractivity contribution in [3.8, 4) is 0 Å². The van der Waals surface area contributed by atoms with E-state index >= 15 is 0 Å². The van der Waals surface area contributed by atoms with Gasteiger partial charge in [0.05, 0.1) is 6.61 Å². The second kappa shape index (κ2) is 6.71. The topological polar surface area (TPSA) is 52.0 Å². The summed E-state index contributed by atoms with van der Waals surface area (Å²) in [6.07, 6.45) is 3.67. The molecule has 5 heteroatoms. The first-order valence-corrected chi connectivity index (χ1v) is 6.14. The Labute approximate surface area is 104 Å². The largest absolute Gasteiger partial charge is 0.383 e. The van der Waals surface area contributed by atoms with Crippen molar-refractivity contribution in [2.45, 2.75) is 26.7 Å². The van der Waals surface area contributed by atoms with Crippen LogP contribution in [0.1, 0.15) is 26.1 Å². The maximum absolute atomic E-state index is 5.03. The number of methoxy groups -OCH3 is 1. The van der Waals surface area contributed by atoms with Crippen LogP contribution in [-0.2, 0) is 18.2 Å². The monoisotopic (exact) mass is 240 g/mol. The molecular weight excluding hydrogens is 216 g/mol. The highest BCUT2D eigenvalue weighted by atomic mass is 16.5. The van der Waals surface area contributed by atoms with Crippen LogP contribution in [0.3, 0.4) is 0 Å². The molecule has 0 spiro atoms. The zero-order chi connectivity index (χ0) is 12.7. The van der Waals surface area contributed by atoms with E-state index in [0.29, 0.717) is 0 Å². The molecule has 1 heterocycles. The van der Waals surface area contributed by atoms with Gasteiger partial charge in [-0.05, 0) is 11.8 Å². The van der Waals surface area contributed by atoms with Gasteiger partial charge in [-0.1, -0.05) is 13.8 Å². The lowest BCUT2D eigenvalue weighted by molar-refractivity contribution is 0.190. The van der Waals surface area contributed by atoms with E-state index < -0.39 is 0 Å². The van der Waals surface area contributed by atoms with Crippen LogP contribution in [0, 0.1) is 5.41 Å². The van der Waals surface area contributed by atoms with Gasteiger partial charge in [0.1, 0.15) is 12.2 Å². The van der Waals surface area contributed by atoms with Crippen LogP contribution in [0.5, 0.6) is 0 Å². The van der Waals surface area contributed by atoms with Crippen molar-refractivity contribution in [3.05, 3.63) is 12.2 Å². The zero-order valence-electron chi connectivity index (χ0n) is 11.4. The molecule has 0 fully saturated rings. The van der Waals surface area contributed by atoms with Gasteiger partial charge in [-0.25, -0.2) is 4.98 Å². The fraction of sp³-hybridized carbons (Fsp3) is 0.833. The minimum Gasteiger partial charge on any atom is -0.383 e. The normalized spacial score (nSPS) is 14.8. The minimum absolute atomic E-state index is 0.217. The van der Waals surface area contributed by atoms with Crippen molar-refractivity contribution in [2.24, 2.45) is 12.5 Å². The molecule has 0 amide bonds. The Kier molecular flexibility index (Phi) is 5.58. The molecule has 5 nitrogen and oxygen atoms in total. The Hall–Kier alpha value is -0.940. The first-order chi connectivity index (χ1) is 8.11. The van der Waals surface area contributed by atoms with Gasteiger partial charge in [-0.2, -0.15) is 5.10 Å². The van der Waals surface area contributed by atoms with Gasteiger partial charge in [0.25, 0.3) is 0 Å². The number of hydrogen-bond donors (Lipinski definition) is 1. The smallest absolute Gasteiger partial charge is 0.138 e. The predicted octanol–water partition coefficient (Wildman–Crippen LogP) is 1.01. The lowest BCUT2D eigenvalue weighted by Gasteiger charge is -2.28. The highest BCUT2D eigenvalue weighted by Gasteiger charge is 2.24. The van der Waals surface area contributed by atoms with Crippen molar-refractivity contribution >= 4 is 0 Å². The molecule has 1 N–H and O–H groups in total. The van der Waals surface area contributed by atoms with Crippen molar-refractivity contribution in [2.75, 3.05) is 26.8 Å². The van der Waals surface area contributed by atoms with Gasteiger partial charge in [-0.15, -0.1) is 0 Å². The van der Waals surface area contributed by atoms with E-state index in [4.69, 9.17) is 4.74 Å². The summed E-state index contributed by atoms with van der Waals surface area (Å²) in [4.78, 5) is 4.29. The number of aryl methyl sites for hydroxylation is 1.